The Morgan fingerprint density at radius 3 is 2.41 bits per heavy atom. The summed E-state index contributed by atoms with van der Waals surface area (Å²) >= 11 is 0. The molecule has 0 saturated carbocycles. The zero-order chi connectivity index (χ0) is 22.5. The summed E-state index contributed by atoms with van der Waals surface area (Å²) in [5.41, 5.74) is 2.41. The Labute approximate surface area is 183 Å². The van der Waals surface area contributed by atoms with E-state index in [0.29, 0.717) is 28.0 Å². The van der Waals surface area contributed by atoms with Gasteiger partial charge in [0, 0.05) is 17.7 Å². The molecule has 0 aliphatic heterocycles. The second-order valence-electron chi connectivity index (χ2n) is 6.83. The van der Waals surface area contributed by atoms with E-state index in [1.165, 1.54) is 12.1 Å². The molecule has 7 heteroatoms. The largest absolute Gasteiger partial charge is 0.465 e. The van der Waals surface area contributed by atoms with Gasteiger partial charge in [0.25, 0.3) is 5.69 Å². The lowest BCUT2D eigenvalue weighted by Gasteiger charge is -2.06. The topological polar surface area (TPSA) is 95.5 Å². The van der Waals surface area contributed by atoms with Gasteiger partial charge < -0.3 is 9.15 Å². The minimum absolute atomic E-state index is 0.0337. The molecule has 0 N–H and O–H groups in total. The van der Waals surface area contributed by atoms with E-state index in [1.54, 1.807) is 66.9 Å². The molecule has 0 radical (unpaired) electrons. The van der Waals surface area contributed by atoms with Crippen molar-refractivity contribution >= 4 is 34.2 Å². The number of nitrogens with zero attached hydrogens (tertiary/aromatic N) is 2. The van der Waals surface area contributed by atoms with Gasteiger partial charge in [-0.1, -0.05) is 18.2 Å². The van der Waals surface area contributed by atoms with Crippen molar-refractivity contribution in [3.05, 3.63) is 112 Å². The van der Waals surface area contributed by atoms with Gasteiger partial charge in [-0.05, 0) is 67.1 Å². The summed E-state index contributed by atoms with van der Waals surface area (Å²) in [6, 6.07) is 19.8. The van der Waals surface area contributed by atoms with Crippen molar-refractivity contribution in [1.29, 1.82) is 0 Å². The van der Waals surface area contributed by atoms with Crippen molar-refractivity contribution in [1.82, 2.24) is 4.98 Å². The van der Waals surface area contributed by atoms with Gasteiger partial charge in [-0.25, -0.2) is 4.98 Å². The molecule has 1 heterocycles. The van der Waals surface area contributed by atoms with Crippen LogP contribution in [-0.2, 0) is 0 Å². The molecule has 0 aliphatic carbocycles. The smallest absolute Gasteiger partial charge is 0.269 e. The van der Waals surface area contributed by atoms with Gasteiger partial charge in [0.15, 0.2) is 11.4 Å². The first-order valence-electron chi connectivity index (χ1n) is 9.80. The lowest BCUT2D eigenvalue weighted by molar-refractivity contribution is -0.384. The van der Waals surface area contributed by atoms with Crippen molar-refractivity contribution in [2.24, 2.45) is 0 Å². The number of carbonyl (C=O) groups is 1. The summed E-state index contributed by atoms with van der Waals surface area (Å²) in [6.07, 6.45) is 4.92. The Hall–Kier alpha value is -4.52. The van der Waals surface area contributed by atoms with Crippen LogP contribution in [0, 0.1) is 10.1 Å². The number of benzene rings is 3. The van der Waals surface area contributed by atoms with Crippen LogP contribution in [0.2, 0.25) is 0 Å². The van der Waals surface area contributed by atoms with Gasteiger partial charge in [-0.3, -0.25) is 14.9 Å². The summed E-state index contributed by atoms with van der Waals surface area (Å²) in [7, 11) is 0. The molecule has 32 heavy (non-hydrogen) atoms. The Bertz CT molecular complexity index is 1300. The van der Waals surface area contributed by atoms with Crippen LogP contribution < -0.4 is 4.74 Å². The van der Waals surface area contributed by atoms with E-state index in [-0.39, 0.29) is 22.9 Å². The number of ketones is 1. The molecule has 0 saturated heterocycles. The number of non-ortho nitro benzene ring substituents is 1. The Kier molecular flexibility index (Phi) is 5.89. The maximum atomic E-state index is 13.4. The second-order valence-corrected chi connectivity index (χ2v) is 6.83. The molecule has 0 unspecified atom stereocenters. The first-order chi connectivity index (χ1) is 15.5. The van der Waals surface area contributed by atoms with E-state index in [1.807, 2.05) is 19.1 Å². The molecule has 0 spiro atoms. The van der Waals surface area contributed by atoms with Crippen LogP contribution >= 0.6 is 0 Å². The molecule has 3 aromatic carbocycles. The van der Waals surface area contributed by atoms with Crippen molar-refractivity contribution in [2.75, 3.05) is 0 Å². The Morgan fingerprint density at radius 1 is 1.03 bits per heavy atom. The van der Waals surface area contributed by atoms with Crippen LogP contribution in [0.1, 0.15) is 28.7 Å². The SMILES string of the molecule is C/C=C/Oc1ccc(C(=O)/C(=C\c2ccc([N+](=O)[O-])cc2)c2nc3ccccc3o2)cc1. The first-order valence-corrected chi connectivity index (χ1v) is 9.80. The van der Waals surface area contributed by atoms with Gasteiger partial charge in [0.1, 0.15) is 11.3 Å². The van der Waals surface area contributed by atoms with Crippen molar-refractivity contribution in [2.45, 2.75) is 6.92 Å². The summed E-state index contributed by atoms with van der Waals surface area (Å²) in [6.45, 7) is 1.84. The molecule has 0 amide bonds. The molecule has 0 aliphatic rings. The van der Waals surface area contributed by atoms with Crippen LogP contribution in [0.4, 0.5) is 5.69 Å². The third-order valence-electron chi connectivity index (χ3n) is 4.64. The average molecular weight is 426 g/mol. The lowest BCUT2D eigenvalue weighted by Crippen LogP contribution is -2.03. The number of para-hydroxylation sites is 2. The zero-order valence-corrected chi connectivity index (χ0v) is 17.1. The molecular weight excluding hydrogens is 408 g/mol. The van der Waals surface area contributed by atoms with Crippen molar-refractivity contribution in [3.8, 4) is 5.75 Å². The molecule has 0 fully saturated rings. The predicted molar refractivity (Wildman–Crippen MR) is 121 cm³/mol. The van der Waals surface area contributed by atoms with E-state index < -0.39 is 4.92 Å². The van der Waals surface area contributed by atoms with Gasteiger partial charge >= 0.3 is 0 Å². The molecule has 4 aromatic rings. The number of aromatic nitrogens is 1. The maximum absolute atomic E-state index is 13.4. The van der Waals surface area contributed by atoms with E-state index in [0.717, 1.165) is 0 Å². The van der Waals surface area contributed by atoms with Gasteiger partial charge in [-0.15, -0.1) is 0 Å². The van der Waals surface area contributed by atoms with Crippen LogP contribution in [0.3, 0.4) is 0 Å². The number of hydrogen-bond donors (Lipinski definition) is 0. The number of fused-ring (bicyclic) bond motifs is 1. The molecule has 158 valence electrons. The number of allylic oxidation sites excluding steroid dienone is 2. The Balaban J connectivity index is 1.76. The number of oxazole rings is 1. The van der Waals surface area contributed by atoms with E-state index in [4.69, 9.17) is 9.15 Å². The number of ether oxygens (including phenoxy) is 1. The molecule has 7 nitrogen and oxygen atoms in total. The third kappa shape index (κ3) is 4.46. The maximum Gasteiger partial charge on any atom is 0.269 e. The van der Waals surface area contributed by atoms with E-state index >= 15 is 0 Å². The highest BCUT2D eigenvalue weighted by atomic mass is 16.6. The number of nitro groups is 1. The Morgan fingerprint density at radius 2 is 1.75 bits per heavy atom. The number of carbonyl (C=O) groups excluding carboxylic acids is 1. The van der Waals surface area contributed by atoms with E-state index in [2.05, 4.69) is 4.98 Å². The average Bonchev–Trinajstić information content (AvgIpc) is 3.25. The summed E-state index contributed by atoms with van der Waals surface area (Å²) in [5, 5.41) is 10.9. The highest BCUT2D eigenvalue weighted by molar-refractivity contribution is 6.31. The molecule has 4 rings (SSSR count). The van der Waals surface area contributed by atoms with Crippen LogP contribution in [0.15, 0.2) is 89.6 Å². The third-order valence-corrected chi connectivity index (χ3v) is 4.64. The number of nitro benzene ring substituents is 1. The number of Topliss-reactive ketones (excluding diaryl/α,β-unsaturated/α-hetero) is 1. The van der Waals surface area contributed by atoms with Crippen molar-refractivity contribution < 1.29 is 18.9 Å². The molecule has 0 bridgehead atoms. The molecule has 0 atom stereocenters. The molecular formula is C25H18N2O5. The number of rotatable bonds is 7. The quantitative estimate of drug-likeness (QED) is 0.117. The monoisotopic (exact) mass is 426 g/mol. The second kappa shape index (κ2) is 9.09. The molecule has 1 aromatic heterocycles. The lowest BCUT2D eigenvalue weighted by atomic mass is 10.0. The summed E-state index contributed by atoms with van der Waals surface area (Å²) in [5.74, 6) is 0.471. The summed E-state index contributed by atoms with van der Waals surface area (Å²) < 4.78 is 11.3. The normalized spacial score (nSPS) is 11.7. The fraction of sp³-hybridized carbons (Fsp3) is 0.0400. The minimum atomic E-state index is -0.474. The predicted octanol–water partition coefficient (Wildman–Crippen LogP) is 6.07. The fourth-order valence-corrected chi connectivity index (χ4v) is 3.06. The van der Waals surface area contributed by atoms with Crippen LogP contribution in [0.25, 0.3) is 22.7 Å². The fourth-order valence-electron chi connectivity index (χ4n) is 3.06. The van der Waals surface area contributed by atoms with Crippen LogP contribution in [0.5, 0.6) is 5.75 Å². The van der Waals surface area contributed by atoms with Gasteiger partial charge in [0.05, 0.1) is 16.8 Å². The van der Waals surface area contributed by atoms with Gasteiger partial charge in [-0.2, -0.15) is 0 Å². The minimum Gasteiger partial charge on any atom is -0.465 e. The van der Waals surface area contributed by atoms with Crippen molar-refractivity contribution in [3.63, 3.8) is 0 Å². The summed E-state index contributed by atoms with van der Waals surface area (Å²) in [4.78, 5) is 28.3. The standard InChI is InChI=1S/C25H18N2O5/c1-2-15-31-20-13-9-18(10-14-20)24(28)21(16-17-7-11-19(12-8-17)27(29)30)25-26-22-5-3-4-6-23(22)32-25/h2-16H,1H3/b15-2+,21-16+. The zero-order valence-electron chi connectivity index (χ0n) is 17.1. The van der Waals surface area contributed by atoms with Crippen LogP contribution in [-0.4, -0.2) is 15.7 Å². The van der Waals surface area contributed by atoms with Gasteiger partial charge in [0.2, 0.25) is 5.89 Å². The first kappa shape index (κ1) is 20.7. The highest BCUT2D eigenvalue weighted by Gasteiger charge is 2.20. The number of hydrogen-bond acceptors (Lipinski definition) is 6. The van der Waals surface area contributed by atoms with E-state index in [9.17, 15) is 14.9 Å². The highest BCUT2D eigenvalue weighted by Crippen LogP contribution is 2.27.